The lowest BCUT2D eigenvalue weighted by atomic mass is 10.0. The Balaban J connectivity index is 1.72. The second-order valence-corrected chi connectivity index (χ2v) is 5.36. The van der Waals surface area contributed by atoms with Gasteiger partial charge in [-0.25, -0.2) is 0 Å². The summed E-state index contributed by atoms with van der Waals surface area (Å²) in [5.41, 5.74) is 4.91. The molecule has 4 heteroatoms. The van der Waals surface area contributed by atoms with Gasteiger partial charge in [0, 0.05) is 12.0 Å². The number of aromatic nitrogens is 1. The predicted molar refractivity (Wildman–Crippen MR) is 80.0 cm³/mol. The maximum atomic E-state index is 5.70. The molecule has 1 aromatic carbocycles. The molecule has 1 aliphatic rings. The van der Waals surface area contributed by atoms with Crippen molar-refractivity contribution in [2.75, 3.05) is 6.61 Å². The second-order valence-electron chi connectivity index (χ2n) is 5.36. The molecule has 0 saturated carbocycles. The molecular formula is C16H21N3O. The van der Waals surface area contributed by atoms with Crippen molar-refractivity contribution in [2.24, 2.45) is 5.84 Å². The number of nitrogens with one attached hydrogen (secondary N) is 1. The van der Waals surface area contributed by atoms with Crippen LogP contribution in [-0.4, -0.2) is 17.7 Å². The van der Waals surface area contributed by atoms with Gasteiger partial charge in [-0.2, -0.15) is 0 Å². The van der Waals surface area contributed by atoms with E-state index >= 15 is 0 Å². The fourth-order valence-corrected chi connectivity index (χ4v) is 2.82. The van der Waals surface area contributed by atoms with Gasteiger partial charge < -0.3 is 4.74 Å². The third kappa shape index (κ3) is 2.98. The van der Waals surface area contributed by atoms with Gasteiger partial charge in [0.2, 0.25) is 0 Å². The van der Waals surface area contributed by atoms with E-state index in [2.05, 4.69) is 23.6 Å². The quantitative estimate of drug-likeness (QED) is 0.648. The monoisotopic (exact) mass is 271 g/mol. The number of hydrogen-bond acceptors (Lipinski definition) is 4. The lowest BCUT2D eigenvalue weighted by Gasteiger charge is -2.18. The molecule has 1 saturated heterocycles. The van der Waals surface area contributed by atoms with Crippen LogP contribution in [0.3, 0.4) is 0 Å². The molecule has 3 N–H and O–H groups in total. The first kappa shape index (κ1) is 13.5. The van der Waals surface area contributed by atoms with Crippen LogP contribution in [0.4, 0.5) is 0 Å². The zero-order valence-corrected chi connectivity index (χ0v) is 11.6. The zero-order valence-electron chi connectivity index (χ0n) is 11.6. The van der Waals surface area contributed by atoms with Gasteiger partial charge in [-0.1, -0.05) is 24.3 Å². The molecule has 0 radical (unpaired) electrons. The molecular weight excluding hydrogens is 250 g/mol. The van der Waals surface area contributed by atoms with E-state index in [-0.39, 0.29) is 6.04 Å². The number of pyridine rings is 1. The number of para-hydroxylation sites is 1. The highest BCUT2D eigenvalue weighted by Gasteiger charge is 2.19. The third-order valence-electron chi connectivity index (χ3n) is 3.98. The number of benzene rings is 1. The minimum atomic E-state index is 0.0869. The van der Waals surface area contributed by atoms with Gasteiger partial charge in [-0.05, 0) is 37.8 Å². The van der Waals surface area contributed by atoms with Gasteiger partial charge in [0.1, 0.15) is 0 Å². The summed E-state index contributed by atoms with van der Waals surface area (Å²) in [5, 5.41) is 1.16. The molecule has 2 aromatic rings. The Bertz CT molecular complexity index is 566. The van der Waals surface area contributed by atoms with E-state index in [1.54, 1.807) is 0 Å². The van der Waals surface area contributed by atoms with Crippen LogP contribution in [0.25, 0.3) is 10.9 Å². The topological polar surface area (TPSA) is 60.2 Å². The normalized spacial score (nSPS) is 20.4. The highest BCUT2D eigenvalue weighted by atomic mass is 16.5. The minimum Gasteiger partial charge on any atom is -0.378 e. The Hall–Kier alpha value is -1.49. The highest BCUT2D eigenvalue weighted by Crippen LogP contribution is 2.24. The average Bonchev–Trinajstić information content (AvgIpc) is 3.01. The van der Waals surface area contributed by atoms with Crippen LogP contribution in [0.1, 0.15) is 37.4 Å². The van der Waals surface area contributed by atoms with Crippen LogP contribution in [0.5, 0.6) is 0 Å². The molecule has 20 heavy (non-hydrogen) atoms. The largest absolute Gasteiger partial charge is 0.378 e. The Kier molecular flexibility index (Phi) is 4.25. The predicted octanol–water partition coefficient (Wildman–Crippen LogP) is 2.70. The lowest BCUT2D eigenvalue weighted by molar-refractivity contribution is 0.0995. The maximum Gasteiger partial charge on any atom is 0.0706 e. The van der Waals surface area contributed by atoms with Crippen molar-refractivity contribution < 1.29 is 4.74 Å². The molecule has 4 nitrogen and oxygen atoms in total. The Morgan fingerprint density at radius 1 is 1.30 bits per heavy atom. The van der Waals surface area contributed by atoms with Gasteiger partial charge in [0.05, 0.1) is 23.4 Å². The second kappa shape index (κ2) is 6.31. The van der Waals surface area contributed by atoms with E-state index in [1.165, 1.54) is 12.8 Å². The summed E-state index contributed by atoms with van der Waals surface area (Å²) in [6.45, 7) is 0.902. The Morgan fingerprint density at radius 3 is 3.00 bits per heavy atom. The van der Waals surface area contributed by atoms with Crippen molar-refractivity contribution in [3.63, 3.8) is 0 Å². The van der Waals surface area contributed by atoms with Crippen LogP contribution >= 0.6 is 0 Å². The van der Waals surface area contributed by atoms with Gasteiger partial charge in [0.15, 0.2) is 0 Å². The van der Waals surface area contributed by atoms with E-state index < -0.39 is 0 Å². The molecule has 2 heterocycles. The van der Waals surface area contributed by atoms with E-state index in [4.69, 9.17) is 15.6 Å². The molecule has 3 rings (SSSR count). The van der Waals surface area contributed by atoms with Crippen molar-refractivity contribution in [3.05, 3.63) is 42.1 Å². The summed E-state index contributed by atoms with van der Waals surface area (Å²) in [7, 11) is 0. The lowest BCUT2D eigenvalue weighted by Crippen LogP contribution is -2.29. The maximum absolute atomic E-state index is 5.70. The van der Waals surface area contributed by atoms with E-state index in [0.717, 1.165) is 36.0 Å². The molecule has 0 spiro atoms. The van der Waals surface area contributed by atoms with Crippen LogP contribution in [0.2, 0.25) is 0 Å². The van der Waals surface area contributed by atoms with E-state index in [9.17, 15) is 0 Å². The fraction of sp³-hybridized carbons (Fsp3) is 0.438. The number of fused-ring (bicyclic) bond motifs is 1. The van der Waals surface area contributed by atoms with Crippen molar-refractivity contribution in [3.8, 4) is 0 Å². The van der Waals surface area contributed by atoms with Crippen LogP contribution in [0, 0.1) is 0 Å². The zero-order chi connectivity index (χ0) is 13.8. The molecule has 1 aromatic heterocycles. The molecule has 1 aliphatic heterocycles. The molecule has 2 atom stereocenters. The fourth-order valence-electron chi connectivity index (χ4n) is 2.82. The molecule has 106 valence electrons. The van der Waals surface area contributed by atoms with Crippen LogP contribution < -0.4 is 11.3 Å². The number of hydrazine groups is 1. The Morgan fingerprint density at radius 2 is 2.20 bits per heavy atom. The standard InChI is InChI=1S/C16H21N3O/c17-19-16(10-8-13-5-3-11-20-13)15-9-7-12-4-1-2-6-14(12)18-15/h1-2,4,6-7,9,13,16,19H,3,5,8,10-11,17H2. The summed E-state index contributed by atoms with van der Waals surface area (Å²) in [6, 6.07) is 12.4. The summed E-state index contributed by atoms with van der Waals surface area (Å²) in [4.78, 5) is 4.71. The van der Waals surface area contributed by atoms with Crippen molar-refractivity contribution in [1.82, 2.24) is 10.4 Å². The number of nitrogens with zero attached hydrogens (tertiary/aromatic N) is 1. The van der Waals surface area contributed by atoms with Crippen molar-refractivity contribution >= 4 is 10.9 Å². The first-order chi connectivity index (χ1) is 9.86. The average molecular weight is 271 g/mol. The van der Waals surface area contributed by atoms with Gasteiger partial charge in [-0.15, -0.1) is 0 Å². The highest BCUT2D eigenvalue weighted by molar-refractivity contribution is 5.78. The molecule has 0 amide bonds. The third-order valence-corrected chi connectivity index (χ3v) is 3.98. The van der Waals surface area contributed by atoms with Gasteiger partial charge in [0.25, 0.3) is 0 Å². The summed E-state index contributed by atoms with van der Waals surface area (Å²) in [6.07, 6.45) is 4.73. The number of hydrogen-bond donors (Lipinski definition) is 2. The van der Waals surface area contributed by atoms with Crippen molar-refractivity contribution in [2.45, 2.75) is 37.8 Å². The molecule has 0 bridgehead atoms. The molecule has 2 unspecified atom stereocenters. The molecule has 0 aliphatic carbocycles. The Labute approximate surface area is 119 Å². The summed E-state index contributed by atoms with van der Waals surface area (Å²) >= 11 is 0. The van der Waals surface area contributed by atoms with Crippen molar-refractivity contribution in [1.29, 1.82) is 0 Å². The smallest absolute Gasteiger partial charge is 0.0706 e. The summed E-state index contributed by atoms with van der Waals surface area (Å²) in [5.74, 6) is 5.70. The molecule has 1 fully saturated rings. The van der Waals surface area contributed by atoms with Crippen LogP contribution in [0.15, 0.2) is 36.4 Å². The minimum absolute atomic E-state index is 0.0869. The van der Waals surface area contributed by atoms with E-state index in [0.29, 0.717) is 6.10 Å². The van der Waals surface area contributed by atoms with Gasteiger partial charge >= 0.3 is 0 Å². The van der Waals surface area contributed by atoms with Gasteiger partial charge in [-0.3, -0.25) is 16.3 Å². The van der Waals surface area contributed by atoms with Crippen LogP contribution in [-0.2, 0) is 4.74 Å². The first-order valence-corrected chi connectivity index (χ1v) is 7.30. The summed E-state index contributed by atoms with van der Waals surface area (Å²) < 4.78 is 5.66. The number of ether oxygens (including phenoxy) is 1. The van der Waals surface area contributed by atoms with E-state index in [1.807, 2.05) is 18.2 Å². The SMILES string of the molecule is NNC(CCC1CCCO1)c1ccc2ccccc2n1. The first-order valence-electron chi connectivity index (χ1n) is 7.30. The number of nitrogens with two attached hydrogens (primary N) is 1. The number of rotatable bonds is 5.